The molecule has 1 aromatic carbocycles. The Morgan fingerprint density at radius 2 is 1.75 bits per heavy atom. The highest BCUT2D eigenvalue weighted by atomic mass is 16.4. The van der Waals surface area contributed by atoms with E-state index in [1.165, 1.54) is 12.8 Å². The van der Waals surface area contributed by atoms with Crippen molar-refractivity contribution in [1.29, 1.82) is 0 Å². The van der Waals surface area contributed by atoms with Crippen LogP contribution >= 0.6 is 0 Å². The van der Waals surface area contributed by atoms with Crippen LogP contribution in [0.3, 0.4) is 0 Å². The summed E-state index contributed by atoms with van der Waals surface area (Å²) in [6, 6.07) is 6.97. The number of nitrogens with two attached hydrogens (primary N) is 1. The second-order valence-corrected chi connectivity index (χ2v) is 5.24. The molecule has 1 aromatic rings. The van der Waals surface area contributed by atoms with Gasteiger partial charge < -0.3 is 16.3 Å². The van der Waals surface area contributed by atoms with Gasteiger partial charge in [0.1, 0.15) is 0 Å². The second kappa shape index (κ2) is 6.93. The van der Waals surface area contributed by atoms with E-state index in [2.05, 4.69) is 10.5 Å². The van der Waals surface area contributed by atoms with Crippen molar-refractivity contribution in [3.8, 4) is 0 Å². The maximum Gasteiger partial charge on any atom is 0.227 e. The lowest BCUT2D eigenvalue weighted by atomic mass is 9.99. The van der Waals surface area contributed by atoms with E-state index in [9.17, 15) is 4.79 Å². The van der Waals surface area contributed by atoms with Gasteiger partial charge in [-0.1, -0.05) is 30.8 Å². The number of carbonyl (C=O) groups is 1. The highest BCUT2D eigenvalue weighted by Crippen LogP contribution is 2.24. The van der Waals surface area contributed by atoms with Crippen LogP contribution in [0.2, 0.25) is 0 Å². The molecule has 0 saturated heterocycles. The normalized spacial score (nSPS) is 17.5. The average Bonchev–Trinajstić information content (AvgIpc) is 2.76. The monoisotopic (exact) mass is 275 g/mol. The molecule has 0 unspecified atom stereocenters. The lowest BCUT2D eigenvalue weighted by molar-refractivity contribution is -0.120. The fourth-order valence-corrected chi connectivity index (χ4v) is 2.57. The zero-order valence-electron chi connectivity index (χ0n) is 11.5. The molecule has 20 heavy (non-hydrogen) atoms. The van der Waals surface area contributed by atoms with Crippen LogP contribution in [0.1, 0.15) is 44.1 Å². The number of anilines is 1. The third-order valence-electron chi connectivity index (χ3n) is 3.78. The molecular formula is C15H21N3O2. The zero-order chi connectivity index (χ0) is 14.4. The van der Waals surface area contributed by atoms with Gasteiger partial charge in [-0.05, 0) is 37.1 Å². The molecule has 0 heterocycles. The Morgan fingerprint density at radius 1 is 1.15 bits per heavy atom. The largest absolute Gasteiger partial charge is 0.409 e. The fraction of sp³-hybridized carbons (Fsp3) is 0.467. The fourth-order valence-electron chi connectivity index (χ4n) is 2.57. The number of amides is 1. The lowest BCUT2D eigenvalue weighted by Gasteiger charge is -2.14. The Morgan fingerprint density at radius 3 is 2.30 bits per heavy atom. The lowest BCUT2D eigenvalue weighted by Crippen LogP contribution is -2.22. The number of hydrogen-bond acceptors (Lipinski definition) is 3. The molecule has 1 aliphatic rings. The van der Waals surface area contributed by atoms with E-state index in [4.69, 9.17) is 10.9 Å². The molecule has 0 aliphatic heterocycles. The summed E-state index contributed by atoms with van der Waals surface area (Å²) >= 11 is 0. The van der Waals surface area contributed by atoms with Crippen LogP contribution in [0, 0.1) is 5.92 Å². The van der Waals surface area contributed by atoms with Crippen molar-refractivity contribution < 1.29 is 10.0 Å². The predicted octanol–water partition coefficient (Wildman–Crippen LogP) is 2.69. The first-order chi connectivity index (χ1) is 9.70. The maximum atomic E-state index is 12.2. The number of rotatable bonds is 3. The van der Waals surface area contributed by atoms with Gasteiger partial charge in [-0.25, -0.2) is 0 Å². The van der Waals surface area contributed by atoms with E-state index in [-0.39, 0.29) is 17.7 Å². The van der Waals surface area contributed by atoms with Gasteiger partial charge in [-0.2, -0.15) is 0 Å². The van der Waals surface area contributed by atoms with Gasteiger partial charge in [0.15, 0.2) is 5.84 Å². The van der Waals surface area contributed by atoms with Crippen molar-refractivity contribution in [2.45, 2.75) is 38.5 Å². The predicted molar refractivity (Wildman–Crippen MR) is 78.8 cm³/mol. The number of benzene rings is 1. The van der Waals surface area contributed by atoms with Crippen molar-refractivity contribution in [3.05, 3.63) is 29.8 Å². The summed E-state index contributed by atoms with van der Waals surface area (Å²) in [5.41, 5.74) is 6.86. The summed E-state index contributed by atoms with van der Waals surface area (Å²) in [6.45, 7) is 0. The summed E-state index contributed by atoms with van der Waals surface area (Å²) in [4.78, 5) is 12.2. The van der Waals surface area contributed by atoms with Crippen LogP contribution in [-0.4, -0.2) is 17.0 Å². The quantitative estimate of drug-likeness (QED) is 0.260. The Hall–Kier alpha value is -2.04. The van der Waals surface area contributed by atoms with E-state index in [0.717, 1.165) is 31.4 Å². The number of oxime groups is 1. The minimum Gasteiger partial charge on any atom is -0.409 e. The zero-order valence-corrected chi connectivity index (χ0v) is 11.5. The highest BCUT2D eigenvalue weighted by Gasteiger charge is 2.19. The first kappa shape index (κ1) is 14.4. The SMILES string of the molecule is NC(=NO)c1ccc(NC(=O)C2CCCCCC2)cc1. The third kappa shape index (κ3) is 3.73. The van der Waals surface area contributed by atoms with Crippen molar-refractivity contribution in [1.82, 2.24) is 0 Å². The van der Waals surface area contributed by atoms with E-state index >= 15 is 0 Å². The molecule has 1 aliphatic carbocycles. The molecule has 0 atom stereocenters. The van der Waals surface area contributed by atoms with E-state index in [0.29, 0.717) is 5.56 Å². The molecule has 5 heteroatoms. The number of nitrogens with one attached hydrogen (secondary N) is 1. The Bertz CT molecular complexity index is 474. The Balaban J connectivity index is 1.97. The minimum absolute atomic E-state index is 0.0617. The number of hydrogen-bond donors (Lipinski definition) is 3. The standard InChI is InChI=1S/C15H21N3O2/c16-14(18-20)11-7-9-13(10-8-11)17-15(19)12-5-3-1-2-4-6-12/h7-10,12,20H,1-6H2,(H2,16,18)(H,17,19). The Labute approximate surface area is 118 Å². The van der Waals surface area contributed by atoms with Crippen LogP contribution in [0.25, 0.3) is 0 Å². The first-order valence-electron chi connectivity index (χ1n) is 7.09. The topological polar surface area (TPSA) is 87.7 Å². The van der Waals surface area contributed by atoms with Crippen molar-refractivity contribution in [2.75, 3.05) is 5.32 Å². The molecule has 1 saturated carbocycles. The van der Waals surface area contributed by atoms with Gasteiger partial charge in [0.05, 0.1) is 0 Å². The molecule has 1 amide bonds. The first-order valence-corrected chi connectivity index (χ1v) is 7.09. The van der Waals surface area contributed by atoms with Crippen molar-refractivity contribution in [3.63, 3.8) is 0 Å². The smallest absolute Gasteiger partial charge is 0.227 e. The van der Waals surface area contributed by atoms with Gasteiger partial charge in [-0.3, -0.25) is 4.79 Å². The van der Waals surface area contributed by atoms with E-state index in [1.54, 1.807) is 24.3 Å². The van der Waals surface area contributed by atoms with Crippen LogP contribution in [0.15, 0.2) is 29.4 Å². The van der Waals surface area contributed by atoms with Crippen LogP contribution in [0.5, 0.6) is 0 Å². The summed E-state index contributed by atoms with van der Waals surface area (Å²) in [5.74, 6) is 0.288. The molecule has 1 fully saturated rings. The van der Waals surface area contributed by atoms with Gasteiger partial charge >= 0.3 is 0 Å². The molecule has 108 valence electrons. The summed E-state index contributed by atoms with van der Waals surface area (Å²) in [7, 11) is 0. The number of carbonyl (C=O) groups excluding carboxylic acids is 1. The average molecular weight is 275 g/mol. The number of nitrogens with zero attached hydrogens (tertiary/aromatic N) is 1. The van der Waals surface area contributed by atoms with E-state index in [1.807, 2.05) is 0 Å². The van der Waals surface area contributed by atoms with Gasteiger partial charge in [0.2, 0.25) is 5.91 Å². The molecule has 0 bridgehead atoms. The summed E-state index contributed by atoms with van der Waals surface area (Å²) in [5, 5.41) is 14.5. The molecule has 0 radical (unpaired) electrons. The number of amidine groups is 1. The maximum absolute atomic E-state index is 12.2. The molecule has 5 nitrogen and oxygen atoms in total. The summed E-state index contributed by atoms with van der Waals surface area (Å²) < 4.78 is 0. The molecule has 0 aromatic heterocycles. The van der Waals surface area contributed by atoms with Crippen LogP contribution < -0.4 is 11.1 Å². The molecule has 4 N–H and O–H groups in total. The third-order valence-corrected chi connectivity index (χ3v) is 3.78. The van der Waals surface area contributed by atoms with Crippen LogP contribution in [0.4, 0.5) is 5.69 Å². The molecule has 0 spiro atoms. The second-order valence-electron chi connectivity index (χ2n) is 5.24. The van der Waals surface area contributed by atoms with Gasteiger partial charge in [0, 0.05) is 17.2 Å². The summed E-state index contributed by atoms with van der Waals surface area (Å²) in [6.07, 6.45) is 6.71. The van der Waals surface area contributed by atoms with Crippen LogP contribution in [-0.2, 0) is 4.79 Å². The van der Waals surface area contributed by atoms with Crippen molar-refractivity contribution >= 4 is 17.4 Å². The van der Waals surface area contributed by atoms with E-state index < -0.39 is 0 Å². The Kier molecular flexibility index (Phi) is 4.98. The molecular weight excluding hydrogens is 254 g/mol. The highest BCUT2D eigenvalue weighted by molar-refractivity contribution is 5.98. The molecule has 2 rings (SSSR count). The minimum atomic E-state index is 0.0617. The van der Waals surface area contributed by atoms with Gasteiger partial charge in [-0.15, -0.1) is 0 Å². The van der Waals surface area contributed by atoms with Gasteiger partial charge in [0.25, 0.3) is 0 Å². The van der Waals surface area contributed by atoms with Crippen molar-refractivity contribution in [2.24, 2.45) is 16.8 Å².